The lowest BCUT2D eigenvalue weighted by molar-refractivity contribution is -0.117. The highest BCUT2D eigenvalue weighted by Gasteiger charge is 2.16. The topological polar surface area (TPSA) is 68.2 Å². The molecular weight excluding hydrogens is 647 g/mol. The third-order valence-electron chi connectivity index (χ3n) is 8.71. The van der Waals surface area contributed by atoms with Gasteiger partial charge in [0.1, 0.15) is 11.6 Å². The van der Waals surface area contributed by atoms with Crippen molar-refractivity contribution < 1.29 is 9.53 Å². The minimum atomic E-state index is -0.212. The van der Waals surface area contributed by atoms with Gasteiger partial charge in [-0.15, -0.1) is 0 Å². The monoisotopic (exact) mass is 684 g/mol. The van der Waals surface area contributed by atoms with Crippen LogP contribution in [0, 0.1) is 5.92 Å². The SMILES string of the molecule is O=C(CNc1ccc(-n2cc(-c3ccc(Cl)cc3Cl)nc2Cc2ccc(-c3cccc(OCCC4CCCCC4)c3)cc2)cc1)NS. The summed E-state index contributed by atoms with van der Waals surface area (Å²) in [7, 11) is 0. The van der Waals surface area contributed by atoms with Gasteiger partial charge in [0.15, 0.2) is 0 Å². The molecule has 0 radical (unpaired) electrons. The first-order chi connectivity index (χ1) is 22.9. The molecule has 0 spiro atoms. The maximum atomic E-state index is 11.6. The second-order valence-corrected chi connectivity index (χ2v) is 13.1. The Hall–Kier alpha value is -3.91. The maximum absolute atomic E-state index is 11.6. The minimum absolute atomic E-state index is 0.131. The number of amides is 1. The van der Waals surface area contributed by atoms with Crippen LogP contribution in [0.3, 0.4) is 0 Å². The number of aromatic nitrogens is 2. The summed E-state index contributed by atoms with van der Waals surface area (Å²) >= 11 is 16.6. The molecule has 0 bridgehead atoms. The molecular formula is C38H38Cl2N4O2S. The van der Waals surface area contributed by atoms with Crippen molar-refractivity contribution >= 4 is 47.6 Å². The number of imidazole rings is 1. The van der Waals surface area contributed by atoms with Gasteiger partial charge in [0.2, 0.25) is 5.91 Å². The summed E-state index contributed by atoms with van der Waals surface area (Å²) < 4.78 is 10.6. The molecule has 0 saturated heterocycles. The number of rotatable bonds is 12. The number of anilines is 1. The summed E-state index contributed by atoms with van der Waals surface area (Å²) in [5.41, 5.74) is 6.72. The Kier molecular flexibility index (Phi) is 11.1. The van der Waals surface area contributed by atoms with Gasteiger partial charge >= 0.3 is 0 Å². The number of nitrogens with one attached hydrogen (secondary N) is 2. The van der Waals surface area contributed by atoms with Gasteiger partial charge < -0.3 is 19.3 Å². The van der Waals surface area contributed by atoms with Crippen molar-refractivity contribution in [3.05, 3.63) is 119 Å². The van der Waals surface area contributed by atoms with Crippen LogP contribution >= 0.6 is 36.0 Å². The first-order valence-corrected chi connectivity index (χ1v) is 17.3. The third-order valence-corrected chi connectivity index (χ3v) is 9.51. The van der Waals surface area contributed by atoms with Crippen LogP contribution in [0.15, 0.2) is 97.2 Å². The van der Waals surface area contributed by atoms with E-state index in [9.17, 15) is 4.79 Å². The van der Waals surface area contributed by atoms with Gasteiger partial charge in [0.05, 0.1) is 23.9 Å². The van der Waals surface area contributed by atoms with E-state index >= 15 is 0 Å². The normalized spacial score (nSPS) is 13.3. The second kappa shape index (κ2) is 15.8. The van der Waals surface area contributed by atoms with Crippen molar-refractivity contribution in [3.63, 3.8) is 0 Å². The molecule has 242 valence electrons. The largest absolute Gasteiger partial charge is 0.494 e. The van der Waals surface area contributed by atoms with Gasteiger partial charge in [-0.2, -0.15) is 0 Å². The molecule has 1 heterocycles. The average Bonchev–Trinajstić information content (AvgIpc) is 3.51. The van der Waals surface area contributed by atoms with Crippen LogP contribution in [0.25, 0.3) is 28.1 Å². The molecule has 6 nitrogen and oxygen atoms in total. The van der Waals surface area contributed by atoms with Crippen LogP contribution in [0.5, 0.6) is 5.75 Å². The number of carbonyl (C=O) groups is 1. The molecule has 1 aliphatic rings. The number of benzene rings is 4. The van der Waals surface area contributed by atoms with E-state index in [4.69, 9.17) is 32.9 Å². The number of hydrogen-bond acceptors (Lipinski definition) is 5. The van der Waals surface area contributed by atoms with Crippen molar-refractivity contribution in [2.75, 3.05) is 18.5 Å². The molecule has 1 saturated carbocycles. The van der Waals surface area contributed by atoms with Gasteiger partial charge in [-0.25, -0.2) is 4.98 Å². The Morgan fingerprint density at radius 2 is 1.70 bits per heavy atom. The lowest BCUT2D eigenvalue weighted by atomic mass is 9.87. The Morgan fingerprint density at radius 3 is 2.45 bits per heavy atom. The summed E-state index contributed by atoms with van der Waals surface area (Å²) in [5, 5.41) is 4.21. The number of halogens is 2. The molecule has 6 rings (SSSR count). The van der Waals surface area contributed by atoms with E-state index < -0.39 is 0 Å². The first-order valence-electron chi connectivity index (χ1n) is 16.1. The van der Waals surface area contributed by atoms with Crippen molar-refractivity contribution in [1.29, 1.82) is 0 Å². The molecule has 0 aliphatic heterocycles. The van der Waals surface area contributed by atoms with Gasteiger partial charge in [-0.05, 0) is 83.6 Å². The van der Waals surface area contributed by atoms with E-state index in [0.29, 0.717) is 16.5 Å². The summed E-state index contributed by atoms with van der Waals surface area (Å²) in [6.07, 6.45) is 10.5. The lowest BCUT2D eigenvalue weighted by Gasteiger charge is -2.21. The van der Waals surface area contributed by atoms with Crippen molar-refractivity contribution in [2.45, 2.75) is 44.9 Å². The van der Waals surface area contributed by atoms with Gasteiger partial charge in [-0.1, -0.05) is 105 Å². The van der Waals surface area contributed by atoms with Crippen LogP contribution in [0.4, 0.5) is 5.69 Å². The molecule has 1 aliphatic carbocycles. The standard InChI is InChI=1S/C38H38Cl2N4O2S/c39-30-13-18-34(35(40)23-30)36-25-44(32-16-14-31(15-17-32)41-24-38(45)43-47)37(42-36)21-27-9-11-28(12-10-27)29-7-4-8-33(22-29)46-20-19-26-5-2-1-3-6-26/h4,7-18,22-23,25-26,41,47H,1-3,5-6,19-21,24H2,(H,43,45). The summed E-state index contributed by atoms with van der Waals surface area (Å²) in [6.45, 7) is 0.904. The molecule has 5 aromatic rings. The average molecular weight is 686 g/mol. The molecule has 1 fully saturated rings. The van der Waals surface area contributed by atoms with E-state index in [1.807, 2.05) is 48.7 Å². The zero-order valence-corrected chi connectivity index (χ0v) is 28.5. The molecule has 2 N–H and O–H groups in total. The van der Waals surface area contributed by atoms with Crippen LogP contribution < -0.4 is 14.8 Å². The molecule has 4 aromatic carbocycles. The second-order valence-electron chi connectivity index (χ2n) is 12.0. The predicted octanol–water partition coefficient (Wildman–Crippen LogP) is 9.83. The van der Waals surface area contributed by atoms with Crippen LogP contribution in [-0.4, -0.2) is 28.6 Å². The van der Waals surface area contributed by atoms with Crippen molar-refractivity contribution in [3.8, 4) is 33.8 Å². The molecule has 0 unspecified atom stereocenters. The highest BCUT2D eigenvalue weighted by atomic mass is 35.5. The number of carbonyl (C=O) groups excluding carboxylic acids is 1. The van der Waals surface area contributed by atoms with Crippen LogP contribution in [-0.2, 0) is 11.2 Å². The van der Waals surface area contributed by atoms with E-state index in [1.165, 1.54) is 32.1 Å². The maximum Gasteiger partial charge on any atom is 0.248 e. The van der Waals surface area contributed by atoms with Gasteiger partial charge in [0, 0.05) is 34.6 Å². The Balaban J connectivity index is 1.20. The lowest BCUT2D eigenvalue weighted by Crippen LogP contribution is -2.22. The Bertz CT molecular complexity index is 1800. The fourth-order valence-electron chi connectivity index (χ4n) is 6.14. The fraction of sp³-hybridized carbons (Fsp3) is 0.263. The quantitative estimate of drug-likeness (QED) is 0.114. The molecule has 1 aromatic heterocycles. The molecule has 1 amide bonds. The van der Waals surface area contributed by atoms with E-state index in [2.05, 4.69) is 69.9 Å². The number of ether oxygens (including phenoxy) is 1. The molecule has 0 atom stereocenters. The first kappa shape index (κ1) is 33.0. The molecule has 47 heavy (non-hydrogen) atoms. The van der Waals surface area contributed by atoms with E-state index in [-0.39, 0.29) is 12.5 Å². The number of nitrogens with zero attached hydrogens (tertiary/aromatic N) is 2. The number of thiol groups is 1. The molecule has 9 heteroatoms. The third kappa shape index (κ3) is 8.72. The fourth-order valence-corrected chi connectivity index (χ4v) is 6.72. The van der Waals surface area contributed by atoms with Gasteiger partial charge in [-0.3, -0.25) is 4.79 Å². The van der Waals surface area contributed by atoms with Crippen LogP contribution in [0.2, 0.25) is 10.0 Å². The van der Waals surface area contributed by atoms with E-state index in [1.54, 1.807) is 6.07 Å². The van der Waals surface area contributed by atoms with Gasteiger partial charge in [0.25, 0.3) is 0 Å². The zero-order chi connectivity index (χ0) is 32.6. The van der Waals surface area contributed by atoms with Crippen molar-refractivity contribution in [1.82, 2.24) is 14.3 Å². The Labute approximate surface area is 292 Å². The Morgan fingerprint density at radius 1 is 0.915 bits per heavy atom. The van der Waals surface area contributed by atoms with Crippen LogP contribution in [0.1, 0.15) is 49.9 Å². The number of hydrogen-bond donors (Lipinski definition) is 3. The highest BCUT2D eigenvalue weighted by molar-refractivity contribution is 7.78. The smallest absolute Gasteiger partial charge is 0.248 e. The summed E-state index contributed by atoms with van der Waals surface area (Å²) in [5.74, 6) is 2.38. The predicted molar refractivity (Wildman–Crippen MR) is 196 cm³/mol. The van der Waals surface area contributed by atoms with E-state index in [0.717, 1.165) is 69.8 Å². The summed E-state index contributed by atoms with van der Waals surface area (Å²) in [4.78, 5) is 16.6. The highest BCUT2D eigenvalue weighted by Crippen LogP contribution is 2.32. The minimum Gasteiger partial charge on any atom is -0.494 e. The zero-order valence-electron chi connectivity index (χ0n) is 26.1. The van der Waals surface area contributed by atoms with Crippen molar-refractivity contribution in [2.24, 2.45) is 5.92 Å². The summed E-state index contributed by atoms with van der Waals surface area (Å²) in [6, 6.07) is 30.3.